The molecule has 0 amide bonds. The van der Waals surface area contributed by atoms with Gasteiger partial charge in [0.2, 0.25) is 0 Å². The molecule has 10 heteroatoms. The second kappa shape index (κ2) is 12.2. The van der Waals surface area contributed by atoms with Crippen molar-refractivity contribution in [3.63, 3.8) is 0 Å². The summed E-state index contributed by atoms with van der Waals surface area (Å²) >= 11 is 0. The van der Waals surface area contributed by atoms with Crippen LogP contribution in [0.1, 0.15) is 18.9 Å². The van der Waals surface area contributed by atoms with Gasteiger partial charge in [0.05, 0.1) is 6.54 Å². The van der Waals surface area contributed by atoms with E-state index in [2.05, 4.69) is 20.6 Å². The van der Waals surface area contributed by atoms with E-state index in [0.29, 0.717) is 45.0 Å². The molecule has 0 aliphatic heterocycles. The van der Waals surface area contributed by atoms with Crippen molar-refractivity contribution in [3.8, 4) is 0 Å². The number of H-pyrrole nitrogens is 1. The summed E-state index contributed by atoms with van der Waals surface area (Å²) in [6.45, 7) is 3.05. The van der Waals surface area contributed by atoms with Crippen molar-refractivity contribution in [2.45, 2.75) is 25.9 Å². The quantitative estimate of drug-likeness (QED) is 0.152. The maximum Gasteiger partial charge on any atom is 0.401 e. The standard InChI is InChI=1S/C19H27F4N5.HI/c1-3-24-18(25-8-4-10-28(2)13-19(21,22)23)26-9-7-14-12-27-17-6-5-15(20)11-16(14)17;/h5-6,11-12,27H,3-4,7-10,13H2,1-2H3,(H2,24,25,26);1H. The van der Waals surface area contributed by atoms with Gasteiger partial charge in [-0.05, 0) is 57.1 Å². The second-order valence-corrected chi connectivity index (χ2v) is 6.65. The minimum Gasteiger partial charge on any atom is -0.361 e. The van der Waals surface area contributed by atoms with Gasteiger partial charge < -0.3 is 15.6 Å². The van der Waals surface area contributed by atoms with Crippen LogP contribution >= 0.6 is 24.0 Å². The maximum absolute atomic E-state index is 13.4. The van der Waals surface area contributed by atoms with Crippen molar-refractivity contribution < 1.29 is 17.6 Å². The molecular formula is C19H28F4IN5. The van der Waals surface area contributed by atoms with E-state index in [1.807, 2.05) is 13.1 Å². The Kier molecular flexibility index (Phi) is 10.7. The Morgan fingerprint density at radius 2 is 2.00 bits per heavy atom. The molecule has 1 aromatic carbocycles. The first-order chi connectivity index (χ1) is 13.3. The molecule has 0 saturated heterocycles. The number of halogens is 5. The Hall–Kier alpha value is -1.56. The molecular weight excluding hydrogens is 501 g/mol. The highest BCUT2D eigenvalue weighted by molar-refractivity contribution is 14.0. The van der Waals surface area contributed by atoms with Gasteiger partial charge in [-0.25, -0.2) is 4.39 Å². The molecule has 0 aliphatic rings. The minimum absolute atomic E-state index is 0. The summed E-state index contributed by atoms with van der Waals surface area (Å²) in [4.78, 5) is 8.76. The SMILES string of the molecule is CCNC(=NCCCN(C)CC(F)(F)F)NCCc1c[nH]c2ccc(F)cc12.I. The Bertz CT molecular complexity index is 776. The topological polar surface area (TPSA) is 55.5 Å². The molecule has 0 unspecified atom stereocenters. The Morgan fingerprint density at radius 1 is 1.24 bits per heavy atom. The lowest BCUT2D eigenvalue weighted by atomic mass is 10.1. The first kappa shape index (κ1) is 25.5. The molecule has 2 aromatic rings. The Balaban J connectivity index is 0.00000420. The maximum atomic E-state index is 13.4. The molecule has 164 valence electrons. The van der Waals surface area contributed by atoms with Gasteiger partial charge in [0.15, 0.2) is 5.96 Å². The minimum atomic E-state index is -4.18. The third-order valence-electron chi connectivity index (χ3n) is 4.18. The predicted molar refractivity (Wildman–Crippen MR) is 120 cm³/mol. The van der Waals surface area contributed by atoms with Gasteiger partial charge >= 0.3 is 6.18 Å². The molecule has 1 heterocycles. The number of nitrogens with zero attached hydrogens (tertiary/aromatic N) is 2. The van der Waals surface area contributed by atoms with Crippen molar-refractivity contribution in [2.75, 3.05) is 39.8 Å². The van der Waals surface area contributed by atoms with E-state index in [4.69, 9.17) is 0 Å². The monoisotopic (exact) mass is 529 g/mol. The van der Waals surface area contributed by atoms with Crippen LogP contribution in [0.3, 0.4) is 0 Å². The molecule has 0 bridgehead atoms. The van der Waals surface area contributed by atoms with Gasteiger partial charge in [-0.2, -0.15) is 13.2 Å². The zero-order chi connectivity index (χ0) is 20.6. The highest BCUT2D eigenvalue weighted by Crippen LogP contribution is 2.19. The van der Waals surface area contributed by atoms with Crippen molar-refractivity contribution >= 4 is 40.8 Å². The van der Waals surface area contributed by atoms with Crippen LogP contribution in [0.15, 0.2) is 29.4 Å². The van der Waals surface area contributed by atoms with Crippen molar-refractivity contribution in [2.24, 2.45) is 4.99 Å². The van der Waals surface area contributed by atoms with Crippen molar-refractivity contribution in [3.05, 3.63) is 35.8 Å². The van der Waals surface area contributed by atoms with Gasteiger partial charge in [0, 0.05) is 36.7 Å². The number of aliphatic imine (C=N–C) groups is 1. The summed E-state index contributed by atoms with van der Waals surface area (Å²) in [5.74, 6) is 0.346. The number of aromatic amines is 1. The van der Waals surface area contributed by atoms with E-state index in [0.717, 1.165) is 16.5 Å². The second-order valence-electron chi connectivity index (χ2n) is 6.65. The molecule has 0 atom stereocenters. The molecule has 0 radical (unpaired) electrons. The number of guanidine groups is 1. The smallest absolute Gasteiger partial charge is 0.361 e. The normalized spacial score (nSPS) is 12.3. The summed E-state index contributed by atoms with van der Waals surface area (Å²) in [6.07, 6.45) is -1.10. The van der Waals surface area contributed by atoms with E-state index in [1.54, 1.807) is 6.07 Å². The van der Waals surface area contributed by atoms with Crippen LogP contribution in [0.2, 0.25) is 0 Å². The lowest BCUT2D eigenvalue weighted by molar-refractivity contribution is -0.143. The van der Waals surface area contributed by atoms with Gasteiger partial charge in [-0.15, -0.1) is 24.0 Å². The van der Waals surface area contributed by atoms with Crippen LogP contribution in [0.4, 0.5) is 17.6 Å². The number of fused-ring (bicyclic) bond motifs is 1. The summed E-state index contributed by atoms with van der Waals surface area (Å²) in [5, 5.41) is 7.17. The molecule has 29 heavy (non-hydrogen) atoms. The molecule has 2 rings (SSSR count). The van der Waals surface area contributed by atoms with Crippen LogP contribution in [-0.2, 0) is 6.42 Å². The lowest BCUT2D eigenvalue weighted by Crippen LogP contribution is -2.38. The fourth-order valence-corrected chi connectivity index (χ4v) is 2.93. The number of nitrogens with one attached hydrogen (secondary N) is 3. The highest BCUT2D eigenvalue weighted by atomic mass is 127. The average Bonchev–Trinajstić information content (AvgIpc) is 2.99. The number of alkyl halides is 3. The fraction of sp³-hybridized carbons (Fsp3) is 0.526. The molecule has 0 aliphatic carbocycles. The molecule has 0 fully saturated rings. The zero-order valence-electron chi connectivity index (χ0n) is 16.6. The van der Waals surface area contributed by atoms with E-state index >= 15 is 0 Å². The molecule has 1 aromatic heterocycles. The average molecular weight is 529 g/mol. The van der Waals surface area contributed by atoms with Gasteiger partial charge in [-0.1, -0.05) is 0 Å². The largest absolute Gasteiger partial charge is 0.401 e. The first-order valence-electron chi connectivity index (χ1n) is 9.31. The van der Waals surface area contributed by atoms with Crippen LogP contribution in [0.25, 0.3) is 10.9 Å². The highest BCUT2D eigenvalue weighted by Gasteiger charge is 2.28. The number of hydrogen-bond donors (Lipinski definition) is 3. The third kappa shape index (κ3) is 9.20. The van der Waals surface area contributed by atoms with E-state index < -0.39 is 12.7 Å². The van der Waals surface area contributed by atoms with E-state index in [1.165, 1.54) is 24.1 Å². The number of aromatic nitrogens is 1. The van der Waals surface area contributed by atoms with Gasteiger partial charge in [-0.3, -0.25) is 9.89 Å². The number of hydrogen-bond acceptors (Lipinski definition) is 2. The number of benzene rings is 1. The van der Waals surface area contributed by atoms with Crippen LogP contribution in [0, 0.1) is 5.82 Å². The predicted octanol–water partition coefficient (Wildman–Crippen LogP) is 3.91. The Labute approximate surface area is 185 Å². The fourth-order valence-electron chi connectivity index (χ4n) is 2.93. The van der Waals surface area contributed by atoms with Gasteiger partial charge in [0.1, 0.15) is 5.82 Å². The lowest BCUT2D eigenvalue weighted by Gasteiger charge is -2.18. The summed E-state index contributed by atoms with van der Waals surface area (Å²) in [5.41, 5.74) is 1.89. The van der Waals surface area contributed by atoms with E-state index in [9.17, 15) is 17.6 Å². The zero-order valence-corrected chi connectivity index (χ0v) is 18.9. The summed E-state index contributed by atoms with van der Waals surface area (Å²) in [7, 11) is 1.45. The van der Waals surface area contributed by atoms with E-state index in [-0.39, 0.29) is 29.8 Å². The molecule has 0 saturated carbocycles. The molecule has 5 nitrogen and oxygen atoms in total. The first-order valence-corrected chi connectivity index (χ1v) is 9.31. The number of rotatable bonds is 9. The van der Waals surface area contributed by atoms with Crippen LogP contribution < -0.4 is 10.6 Å². The van der Waals surface area contributed by atoms with Crippen molar-refractivity contribution in [1.82, 2.24) is 20.5 Å². The summed E-state index contributed by atoms with van der Waals surface area (Å²) in [6, 6.07) is 4.64. The summed E-state index contributed by atoms with van der Waals surface area (Å²) < 4.78 is 50.4. The molecule has 0 spiro atoms. The Morgan fingerprint density at radius 3 is 2.69 bits per heavy atom. The van der Waals surface area contributed by atoms with Crippen LogP contribution in [0.5, 0.6) is 0 Å². The molecule has 3 N–H and O–H groups in total. The van der Waals surface area contributed by atoms with Gasteiger partial charge in [0.25, 0.3) is 0 Å². The van der Waals surface area contributed by atoms with Crippen LogP contribution in [-0.4, -0.2) is 61.8 Å². The van der Waals surface area contributed by atoms with Crippen molar-refractivity contribution in [1.29, 1.82) is 0 Å². The third-order valence-corrected chi connectivity index (χ3v) is 4.18.